The van der Waals surface area contributed by atoms with Crippen LogP contribution in [-0.4, -0.2) is 36.2 Å². The Bertz CT molecular complexity index is 411. The van der Waals surface area contributed by atoms with Crippen molar-refractivity contribution >= 4 is 9.84 Å². The van der Waals surface area contributed by atoms with Gasteiger partial charge in [-0.15, -0.1) is 0 Å². The molecule has 0 unspecified atom stereocenters. The molecule has 0 saturated heterocycles. The topological polar surface area (TPSA) is 64.0 Å². The third-order valence-electron chi connectivity index (χ3n) is 2.32. The summed E-state index contributed by atoms with van der Waals surface area (Å²) in [5.41, 5.74) is 0.973. The second kappa shape index (κ2) is 6.00. The Labute approximate surface area is 96.8 Å². The van der Waals surface area contributed by atoms with E-state index in [9.17, 15) is 8.42 Å². The van der Waals surface area contributed by atoms with E-state index in [-0.39, 0.29) is 11.5 Å². The van der Waals surface area contributed by atoms with Crippen LogP contribution in [0, 0.1) is 0 Å². The Kier molecular flexibility index (Phi) is 4.95. The van der Waals surface area contributed by atoms with Crippen molar-refractivity contribution < 1.29 is 8.42 Å². The number of aryl methyl sites for hydroxylation is 1. The van der Waals surface area contributed by atoms with Crippen molar-refractivity contribution in [1.82, 2.24) is 15.1 Å². The van der Waals surface area contributed by atoms with Gasteiger partial charge in [0.25, 0.3) is 0 Å². The number of nitrogens with one attached hydrogen (secondary N) is 1. The average molecular weight is 245 g/mol. The first-order valence-corrected chi connectivity index (χ1v) is 7.25. The summed E-state index contributed by atoms with van der Waals surface area (Å²) in [7, 11) is -0.948. The zero-order valence-corrected chi connectivity index (χ0v) is 10.6. The van der Waals surface area contributed by atoms with Crippen LogP contribution in [0.4, 0.5) is 0 Å². The minimum atomic E-state index is -2.82. The van der Waals surface area contributed by atoms with Crippen molar-refractivity contribution in [2.45, 2.75) is 19.9 Å². The molecule has 0 aliphatic heterocycles. The van der Waals surface area contributed by atoms with Crippen molar-refractivity contribution in [3.63, 3.8) is 0 Å². The maximum atomic E-state index is 11.2. The molecule has 5 nitrogen and oxygen atoms in total. The molecule has 1 heterocycles. The molecule has 6 heteroatoms. The van der Waals surface area contributed by atoms with Gasteiger partial charge in [0, 0.05) is 25.5 Å². The molecule has 0 radical (unpaired) electrons. The Hall–Kier alpha value is -0.880. The van der Waals surface area contributed by atoms with E-state index in [0.717, 1.165) is 5.69 Å². The first-order valence-electron chi connectivity index (χ1n) is 5.43. The van der Waals surface area contributed by atoms with Gasteiger partial charge in [-0.1, -0.05) is 6.92 Å². The lowest BCUT2D eigenvalue weighted by Gasteiger charge is -2.02. The predicted molar refractivity (Wildman–Crippen MR) is 63.9 cm³/mol. The molecule has 1 rings (SSSR count). The lowest BCUT2D eigenvalue weighted by atomic mass is 10.4. The number of hydrogen-bond donors (Lipinski definition) is 1. The molecule has 1 aromatic heterocycles. The molecule has 16 heavy (non-hydrogen) atoms. The van der Waals surface area contributed by atoms with Crippen LogP contribution in [0.3, 0.4) is 0 Å². The second-order valence-corrected chi connectivity index (χ2v) is 6.22. The molecule has 0 spiro atoms. The van der Waals surface area contributed by atoms with Crippen LogP contribution < -0.4 is 5.32 Å². The highest BCUT2D eigenvalue weighted by molar-refractivity contribution is 7.91. The molecule has 0 fully saturated rings. The van der Waals surface area contributed by atoms with E-state index in [1.165, 1.54) is 0 Å². The van der Waals surface area contributed by atoms with Gasteiger partial charge in [0.1, 0.15) is 9.84 Å². The van der Waals surface area contributed by atoms with Crippen LogP contribution in [0.2, 0.25) is 0 Å². The standard InChI is InChI=1S/C10H19N3O2S/c1-3-16(14,15)8-4-6-11-9-10-5-7-13(2)12-10/h5,7,11H,3-4,6,8-9H2,1-2H3. The van der Waals surface area contributed by atoms with Crippen LogP contribution in [0.15, 0.2) is 12.3 Å². The third-order valence-corrected chi connectivity index (χ3v) is 4.11. The van der Waals surface area contributed by atoms with E-state index < -0.39 is 9.84 Å². The van der Waals surface area contributed by atoms with Crippen LogP contribution in [0.1, 0.15) is 19.0 Å². The molecule has 0 aliphatic carbocycles. The fraction of sp³-hybridized carbons (Fsp3) is 0.700. The molecule has 1 aromatic rings. The molecule has 0 bridgehead atoms. The van der Waals surface area contributed by atoms with Gasteiger partial charge in [-0.05, 0) is 19.0 Å². The first-order chi connectivity index (χ1) is 7.53. The minimum Gasteiger partial charge on any atom is -0.311 e. The summed E-state index contributed by atoms with van der Waals surface area (Å²) in [5.74, 6) is 0.492. The zero-order chi connectivity index (χ0) is 12.0. The number of hydrogen-bond acceptors (Lipinski definition) is 4. The summed E-state index contributed by atoms with van der Waals surface area (Å²) >= 11 is 0. The number of rotatable bonds is 7. The quantitative estimate of drug-likeness (QED) is 0.703. The van der Waals surface area contributed by atoms with Crippen molar-refractivity contribution in [2.24, 2.45) is 7.05 Å². The van der Waals surface area contributed by atoms with E-state index in [1.54, 1.807) is 11.6 Å². The molecule has 92 valence electrons. The number of sulfone groups is 1. The van der Waals surface area contributed by atoms with Crippen molar-refractivity contribution in [3.8, 4) is 0 Å². The second-order valence-electron chi connectivity index (χ2n) is 3.75. The van der Waals surface area contributed by atoms with E-state index in [4.69, 9.17) is 0 Å². The van der Waals surface area contributed by atoms with Gasteiger partial charge in [-0.25, -0.2) is 8.42 Å². The summed E-state index contributed by atoms with van der Waals surface area (Å²) < 4.78 is 24.1. The predicted octanol–water partition coefficient (Wildman–Crippen LogP) is 0.334. The maximum Gasteiger partial charge on any atom is 0.150 e. The highest BCUT2D eigenvalue weighted by Crippen LogP contribution is 1.95. The first kappa shape index (κ1) is 13.2. The van der Waals surface area contributed by atoms with Gasteiger partial charge < -0.3 is 5.32 Å². The summed E-state index contributed by atoms with van der Waals surface area (Å²) in [5, 5.41) is 7.38. The van der Waals surface area contributed by atoms with E-state index in [2.05, 4.69) is 10.4 Å². The van der Waals surface area contributed by atoms with Gasteiger partial charge in [0.15, 0.2) is 0 Å². The lowest BCUT2D eigenvalue weighted by molar-refractivity contribution is 0.588. The fourth-order valence-electron chi connectivity index (χ4n) is 1.34. The normalized spacial score (nSPS) is 11.9. The largest absolute Gasteiger partial charge is 0.311 e. The van der Waals surface area contributed by atoms with E-state index in [1.807, 2.05) is 19.3 Å². The van der Waals surface area contributed by atoms with E-state index >= 15 is 0 Å². The van der Waals surface area contributed by atoms with Gasteiger partial charge in [-0.3, -0.25) is 4.68 Å². The zero-order valence-electron chi connectivity index (χ0n) is 9.81. The summed E-state index contributed by atoms with van der Waals surface area (Å²) in [6.07, 6.45) is 2.54. The molecule has 0 aliphatic rings. The minimum absolute atomic E-state index is 0.229. The van der Waals surface area contributed by atoms with Gasteiger partial charge >= 0.3 is 0 Å². The molecule has 1 N–H and O–H groups in total. The maximum absolute atomic E-state index is 11.2. The van der Waals surface area contributed by atoms with Gasteiger partial charge in [0.05, 0.1) is 11.4 Å². The monoisotopic (exact) mass is 245 g/mol. The van der Waals surface area contributed by atoms with Gasteiger partial charge in [0.2, 0.25) is 0 Å². The van der Waals surface area contributed by atoms with Crippen molar-refractivity contribution in [3.05, 3.63) is 18.0 Å². The Morgan fingerprint density at radius 2 is 2.25 bits per heavy atom. The van der Waals surface area contributed by atoms with Crippen LogP contribution >= 0.6 is 0 Å². The summed E-state index contributed by atoms with van der Waals surface area (Å²) in [6, 6.07) is 1.94. The van der Waals surface area contributed by atoms with Crippen molar-refractivity contribution in [2.75, 3.05) is 18.1 Å². The molecular formula is C10H19N3O2S. The Balaban J connectivity index is 2.13. The molecule has 0 saturated carbocycles. The van der Waals surface area contributed by atoms with Crippen LogP contribution in [0.25, 0.3) is 0 Å². The van der Waals surface area contributed by atoms with Crippen molar-refractivity contribution in [1.29, 1.82) is 0 Å². The smallest absolute Gasteiger partial charge is 0.150 e. The highest BCUT2D eigenvalue weighted by Gasteiger charge is 2.05. The van der Waals surface area contributed by atoms with Crippen LogP contribution in [-0.2, 0) is 23.4 Å². The number of nitrogens with zero attached hydrogens (tertiary/aromatic N) is 2. The summed E-state index contributed by atoms with van der Waals surface area (Å²) in [4.78, 5) is 0. The molecule has 0 atom stereocenters. The third kappa shape index (κ3) is 4.76. The Morgan fingerprint density at radius 3 is 2.81 bits per heavy atom. The molecular weight excluding hydrogens is 226 g/mol. The highest BCUT2D eigenvalue weighted by atomic mass is 32.2. The van der Waals surface area contributed by atoms with Crippen LogP contribution in [0.5, 0.6) is 0 Å². The number of aromatic nitrogens is 2. The fourth-order valence-corrected chi connectivity index (χ4v) is 2.21. The Morgan fingerprint density at radius 1 is 1.50 bits per heavy atom. The summed E-state index contributed by atoms with van der Waals surface area (Å²) in [6.45, 7) is 3.07. The molecule has 0 amide bonds. The lowest BCUT2D eigenvalue weighted by Crippen LogP contribution is -2.19. The SMILES string of the molecule is CCS(=O)(=O)CCCNCc1ccn(C)n1. The molecule has 0 aromatic carbocycles. The average Bonchev–Trinajstić information content (AvgIpc) is 2.64. The van der Waals surface area contributed by atoms with Gasteiger partial charge in [-0.2, -0.15) is 5.10 Å². The van der Waals surface area contributed by atoms with E-state index in [0.29, 0.717) is 19.5 Å².